The number of aromatic nitrogens is 2. The Kier molecular flexibility index (Phi) is 7.27. The summed E-state index contributed by atoms with van der Waals surface area (Å²) < 4.78 is 43.8. The minimum atomic E-state index is -4.54. The van der Waals surface area contributed by atoms with Gasteiger partial charge in [0.05, 0.1) is 33.3 Å². The van der Waals surface area contributed by atoms with Crippen molar-refractivity contribution in [1.82, 2.24) is 14.7 Å². The highest BCUT2D eigenvalue weighted by Gasteiger charge is 2.65. The van der Waals surface area contributed by atoms with Crippen molar-refractivity contribution in [1.29, 1.82) is 0 Å². The van der Waals surface area contributed by atoms with Gasteiger partial charge in [0.2, 0.25) is 5.91 Å². The predicted molar refractivity (Wildman–Crippen MR) is 149 cm³/mol. The maximum absolute atomic E-state index is 14.2. The van der Waals surface area contributed by atoms with E-state index in [1.54, 1.807) is 0 Å². The fourth-order valence-corrected chi connectivity index (χ4v) is 7.25. The zero-order valence-electron chi connectivity index (χ0n) is 23.3. The van der Waals surface area contributed by atoms with Crippen molar-refractivity contribution >= 4 is 35.0 Å². The molecule has 0 bridgehead atoms. The average Bonchev–Trinajstić information content (AvgIpc) is 3.55. The van der Waals surface area contributed by atoms with E-state index < -0.39 is 29.4 Å². The van der Waals surface area contributed by atoms with Gasteiger partial charge < -0.3 is 10.0 Å². The summed E-state index contributed by atoms with van der Waals surface area (Å²) in [6.45, 7) is 3.48. The number of allylic oxidation sites excluding steroid dienone is 2. The van der Waals surface area contributed by atoms with Crippen molar-refractivity contribution in [3.63, 3.8) is 0 Å². The third-order valence-corrected chi connectivity index (χ3v) is 9.96. The second-order valence-corrected chi connectivity index (χ2v) is 12.8. The molecule has 3 aliphatic carbocycles. The van der Waals surface area contributed by atoms with Crippen LogP contribution < -0.4 is 0 Å². The maximum atomic E-state index is 14.2. The molecule has 2 unspecified atom stereocenters. The lowest BCUT2D eigenvalue weighted by atomic mass is 9.82. The second kappa shape index (κ2) is 10.5. The molecule has 2 heterocycles. The highest BCUT2D eigenvalue weighted by Crippen LogP contribution is 2.60. The van der Waals surface area contributed by atoms with Gasteiger partial charge in [0.1, 0.15) is 0 Å². The summed E-state index contributed by atoms with van der Waals surface area (Å²) in [6.07, 6.45) is 0.500. The van der Waals surface area contributed by atoms with Gasteiger partial charge in [-0.1, -0.05) is 36.7 Å². The molecule has 11 heteroatoms. The normalized spacial score (nSPS) is 25.1. The summed E-state index contributed by atoms with van der Waals surface area (Å²) in [5, 5.41) is 14.1. The van der Waals surface area contributed by atoms with Crippen LogP contribution in [0.5, 0.6) is 0 Å². The van der Waals surface area contributed by atoms with Crippen LogP contribution in [0.2, 0.25) is 5.02 Å². The predicted octanol–water partition coefficient (Wildman–Crippen LogP) is 6.06. The molecule has 1 amide bonds. The zero-order chi connectivity index (χ0) is 30.0. The van der Waals surface area contributed by atoms with Crippen LogP contribution in [-0.4, -0.2) is 56.8 Å². The van der Waals surface area contributed by atoms with Crippen molar-refractivity contribution in [3.05, 3.63) is 57.4 Å². The minimum Gasteiger partial charge on any atom is -0.481 e. The highest BCUT2D eigenvalue weighted by molar-refractivity contribution is 6.34. The van der Waals surface area contributed by atoms with Crippen LogP contribution in [-0.2, 0) is 27.8 Å². The van der Waals surface area contributed by atoms with Crippen LogP contribution in [0, 0.1) is 17.8 Å². The minimum absolute atomic E-state index is 0.0281. The third kappa shape index (κ3) is 4.85. The van der Waals surface area contributed by atoms with Gasteiger partial charge in [-0.3, -0.25) is 14.4 Å². The molecule has 6 rings (SSSR count). The lowest BCUT2D eigenvalue weighted by Gasteiger charge is -2.28. The molecule has 1 saturated carbocycles. The molecule has 1 aromatic heterocycles. The number of alkyl halides is 3. The summed E-state index contributed by atoms with van der Waals surface area (Å²) in [5.41, 5.74) is 0.228. The number of fused-ring (bicyclic) bond motifs is 1. The fraction of sp³-hybridized carbons (Fsp3) is 0.548. The summed E-state index contributed by atoms with van der Waals surface area (Å²) in [5.74, 6) is -2.03. The van der Waals surface area contributed by atoms with Crippen LogP contribution in [0.1, 0.15) is 84.7 Å². The lowest BCUT2D eigenvalue weighted by molar-refractivity contribution is -0.160. The molecule has 3 atom stereocenters. The van der Waals surface area contributed by atoms with Crippen LogP contribution in [0.25, 0.3) is 5.57 Å². The number of carboxylic acids is 1. The number of carbonyl (C=O) groups is 3. The number of amides is 1. The molecular formula is C31H33ClF3N3O4. The van der Waals surface area contributed by atoms with E-state index in [0.717, 1.165) is 17.6 Å². The van der Waals surface area contributed by atoms with Gasteiger partial charge >= 0.3 is 12.1 Å². The van der Waals surface area contributed by atoms with Crippen LogP contribution in [0.4, 0.5) is 13.2 Å². The first-order chi connectivity index (χ1) is 19.9. The van der Waals surface area contributed by atoms with Gasteiger partial charge in [-0.15, -0.1) is 0 Å². The van der Waals surface area contributed by atoms with E-state index in [4.69, 9.17) is 16.7 Å². The van der Waals surface area contributed by atoms with Crippen molar-refractivity contribution in [2.45, 2.75) is 76.3 Å². The van der Waals surface area contributed by atoms with Gasteiger partial charge in [-0.2, -0.15) is 23.0 Å². The van der Waals surface area contributed by atoms with Crippen LogP contribution in [0.15, 0.2) is 24.3 Å². The van der Waals surface area contributed by atoms with Gasteiger partial charge in [0, 0.05) is 31.0 Å². The summed E-state index contributed by atoms with van der Waals surface area (Å²) in [7, 11) is 0. The van der Waals surface area contributed by atoms with Crippen molar-refractivity contribution in [2.75, 3.05) is 13.1 Å². The summed E-state index contributed by atoms with van der Waals surface area (Å²) in [4.78, 5) is 41.1. The Bertz CT molecular complexity index is 1490. The monoisotopic (exact) mass is 603 g/mol. The molecule has 2 fully saturated rings. The van der Waals surface area contributed by atoms with E-state index >= 15 is 0 Å². The van der Waals surface area contributed by atoms with E-state index in [0.29, 0.717) is 62.5 Å². The van der Waals surface area contributed by atoms with E-state index in [1.165, 1.54) is 22.9 Å². The largest absolute Gasteiger partial charge is 0.481 e. The highest BCUT2D eigenvalue weighted by atomic mass is 35.5. The van der Waals surface area contributed by atoms with Crippen molar-refractivity contribution in [3.8, 4) is 0 Å². The molecule has 0 radical (unpaired) electrons. The lowest BCUT2D eigenvalue weighted by Crippen LogP contribution is -2.37. The number of nitrogens with zero attached hydrogens (tertiary/aromatic N) is 3. The average molecular weight is 604 g/mol. The molecule has 224 valence electrons. The quantitative estimate of drug-likeness (QED) is 0.448. The first-order valence-corrected chi connectivity index (χ1v) is 15.0. The van der Waals surface area contributed by atoms with Gasteiger partial charge in [-0.25, -0.2) is 0 Å². The Morgan fingerprint density at radius 3 is 2.43 bits per heavy atom. The summed E-state index contributed by atoms with van der Waals surface area (Å²) >= 11 is 6.46. The molecular weight excluding hydrogens is 571 g/mol. The molecule has 1 N–H and O–H groups in total. The van der Waals surface area contributed by atoms with E-state index in [2.05, 4.69) is 6.92 Å². The second-order valence-electron chi connectivity index (χ2n) is 12.4. The number of benzene rings is 1. The Morgan fingerprint density at radius 2 is 1.83 bits per heavy atom. The van der Waals surface area contributed by atoms with Gasteiger partial charge in [0.25, 0.3) is 5.91 Å². The Balaban J connectivity index is 1.42. The van der Waals surface area contributed by atoms with Crippen LogP contribution in [0.3, 0.4) is 0 Å². The number of carbonyl (C=O) groups excluding carboxylic acids is 2. The molecule has 2 aromatic rings. The number of carboxylic acid groups (broad SMARTS) is 1. The standard InChI is InChI=1S/C31H33ClF3N3O4/c1-17-11-14-37(16-17)27(39)20-9-10-21-24(15-20)38(36-26(21)18-5-7-19(8-6-18)29(41)42)28(40)25-22(3-2-4-23(25)32)30(12-13-30)31(33,34)35/h2-5,17,19-20H,6-16H2,1H3,(H,41,42)/t17-,19?,20?/m1/s1. The molecule has 4 aliphatic rings. The number of rotatable bonds is 5. The van der Waals surface area contributed by atoms with Crippen molar-refractivity contribution < 1.29 is 32.7 Å². The number of hydrogen-bond acceptors (Lipinski definition) is 4. The van der Waals surface area contributed by atoms with E-state index in [9.17, 15) is 32.7 Å². The topological polar surface area (TPSA) is 92.5 Å². The summed E-state index contributed by atoms with van der Waals surface area (Å²) in [6, 6.07) is 4.17. The smallest absolute Gasteiger partial charge is 0.398 e. The first-order valence-electron chi connectivity index (χ1n) is 14.6. The fourth-order valence-electron chi connectivity index (χ4n) is 6.99. The van der Waals surface area contributed by atoms with Crippen LogP contribution >= 0.6 is 11.6 Å². The molecule has 0 spiro atoms. The van der Waals surface area contributed by atoms with Gasteiger partial charge in [0.15, 0.2) is 0 Å². The Labute approximate surface area is 246 Å². The molecule has 1 aliphatic heterocycles. The van der Waals surface area contributed by atoms with Crippen molar-refractivity contribution in [2.24, 2.45) is 17.8 Å². The van der Waals surface area contributed by atoms with E-state index in [1.807, 2.05) is 11.0 Å². The third-order valence-electron chi connectivity index (χ3n) is 9.65. The molecule has 42 heavy (non-hydrogen) atoms. The molecule has 1 aromatic carbocycles. The number of hydrogen-bond donors (Lipinski definition) is 1. The maximum Gasteiger partial charge on any atom is 0.398 e. The number of likely N-dealkylation sites (tertiary alicyclic amines) is 1. The van der Waals surface area contributed by atoms with Gasteiger partial charge in [-0.05, 0) is 74.5 Å². The van der Waals surface area contributed by atoms with E-state index in [-0.39, 0.29) is 47.2 Å². The zero-order valence-corrected chi connectivity index (χ0v) is 24.1. The Hall–Kier alpha value is -3.14. The SMILES string of the molecule is C[C@@H]1CCN(C(=O)C2CCc3c(C4=CCC(C(=O)O)CC4)nn(C(=O)c4c(Cl)cccc4C4(C(F)(F)F)CC4)c3C2)C1. The number of aliphatic carboxylic acids is 1. The number of halogens is 4. The molecule has 1 saturated heterocycles. The first kappa shape index (κ1) is 29.0. The Morgan fingerprint density at radius 1 is 1.10 bits per heavy atom. The molecule has 7 nitrogen and oxygen atoms in total.